The fraction of sp³-hybridized carbons (Fsp3) is 1.00. The summed E-state index contributed by atoms with van der Waals surface area (Å²) in [6.07, 6.45) is -13.5. The van der Waals surface area contributed by atoms with Crippen LogP contribution in [0.5, 0.6) is 0 Å². The fourth-order valence-corrected chi connectivity index (χ4v) is 2.77. The molecule has 0 spiro atoms. The van der Waals surface area contributed by atoms with Gasteiger partial charge in [0, 0.05) is 6.54 Å². The highest BCUT2D eigenvalue weighted by molar-refractivity contribution is 4.92. The molecule has 1 aliphatic rings. The molecule has 1 rings (SSSR count). The third kappa shape index (κ3) is 4.74. The minimum Gasteiger partial charge on any atom is -0.353 e. The van der Waals surface area contributed by atoms with Gasteiger partial charge in [0.2, 0.25) is 6.10 Å². The van der Waals surface area contributed by atoms with E-state index >= 15 is 0 Å². The molecule has 0 aliphatic heterocycles. The highest BCUT2D eigenvalue weighted by Crippen LogP contribution is 2.43. The van der Waals surface area contributed by atoms with Crippen molar-refractivity contribution in [1.29, 1.82) is 0 Å². The first-order chi connectivity index (χ1) is 9.41. The molecule has 1 aliphatic carbocycles. The zero-order valence-corrected chi connectivity index (χ0v) is 12.0. The molecular formula is C13H21F6NO. The average molecular weight is 321 g/mol. The molecule has 2 nitrogen and oxygen atoms in total. The first-order valence-corrected chi connectivity index (χ1v) is 6.92. The predicted molar refractivity (Wildman–Crippen MR) is 65.6 cm³/mol. The van der Waals surface area contributed by atoms with Gasteiger partial charge in [-0.05, 0) is 37.5 Å². The number of hydrogen-bond donors (Lipinski definition) is 1. The Hall–Kier alpha value is -0.500. The van der Waals surface area contributed by atoms with Gasteiger partial charge in [0.15, 0.2) is 0 Å². The Morgan fingerprint density at radius 3 is 1.76 bits per heavy atom. The number of nitrogens with two attached hydrogens (primary N) is 1. The first-order valence-electron chi connectivity index (χ1n) is 6.92. The molecule has 2 N–H and O–H groups in total. The van der Waals surface area contributed by atoms with Crippen LogP contribution in [0.4, 0.5) is 26.3 Å². The molecule has 0 aromatic rings. The van der Waals surface area contributed by atoms with Crippen LogP contribution in [0.1, 0.15) is 39.5 Å². The van der Waals surface area contributed by atoms with Crippen molar-refractivity contribution in [3.8, 4) is 0 Å². The molecule has 21 heavy (non-hydrogen) atoms. The van der Waals surface area contributed by atoms with Gasteiger partial charge in [0.05, 0.1) is 5.60 Å². The molecule has 0 bridgehead atoms. The maximum atomic E-state index is 12.6. The van der Waals surface area contributed by atoms with E-state index < -0.39 is 24.1 Å². The summed E-state index contributed by atoms with van der Waals surface area (Å²) in [6.45, 7) is 3.62. The zero-order valence-electron chi connectivity index (χ0n) is 12.0. The summed E-state index contributed by atoms with van der Waals surface area (Å²) in [4.78, 5) is 0. The highest BCUT2D eigenvalue weighted by Gasteiger charge is 2.60. The van der Waals surface area contributed by atoms with Crippen LogP contribution < -0.4 is 5.73 Å². The molecule has 0 aromatic carbocycles. The van der Waals surface area contributed by atoms with E-state index in [0.717, 1.165) is 0 Å². The lowest BCUT2D eigenvalue weighted by molar-refractivity contribution is -0.346. The maximum absolute atomic E-state index is 12.6. The van der Waals surface area contributed by atoms with Gasteiger partial charge in [-0.25, -0.2) is 0 Å². The topological polar surface area (TPSA) is 35.2 Å². The lowest BCUT2D eigenvalue weighted by Gasteiger charge is -2.43. The molecule has 0 unspecified atom stereocenters. The monoisotopic (exact) mass is 321 g/mol. The second-order valence-corrected chi connectivity index (χ2v) is 6.05. The summed E-state index contributed by atoms with van der Waals surface area (Å²) in [5.74, 6) is 0.616. The number of ether oxygens (including phenoxy) is 1. The molecule has 126 valence electrons. The molecule has 0 aromatic heterocycles. The van der Waals surface area contributed by atoms with E-state index in [1.54, 1.807) is 0 Å². The predicted octanol–water partition coefficient (Wildman–Crippen LogP) is 4.04. The minimum absolute atomic E-state index is 0.120. The number of rotatable bonds is 4. The highest BCUT2D eigenvalue weighted by atomic mass is 19.4. The Morgan fingerprint density at radius 2 is 1.48 bits per heavy atom. The normalized spacial score (nSPS) is 28.4. The van der Waals surface area contributed by atoms with E-state index in [2.05, 4.69) is 4.74 Å². The van der Waals surface area contributed by atoms with Crippen LogP contribution in [0.25, 0.3) is 0 Å². The molecular weight excluding hydrogens is 300 g/mol. The van der Waals surface area contributed by atoms with Gasteiger partial charge in [-0.3, -0.25) is 0 Å². The molecule has 1 fully saturated rings. The lowest BCUT2D eigenvalue weighted by Crippen LogP contribution is -2.54. The van der Waals surface area contributed by atoms with E-state index in [-0.39, 0.29) is 25.3 Å². The van der Waals surface area contributed by atoms with Crippen molar-refractivity contribution >= 4 is 0 Å². The Balaban J connectivity index is 2.86. The van der Waals surface area contributed by atoms with E-state index in [0.29, 0.717) is 18.8 Å². The van der Waals surface area contributed by atoms with Gasteiger partial charge in [-0.1, -0.05) is 13.8 Å². The third-order valence-electron chi connectivity index (χ3n) is 4.22. The molecule has 0 saturated heterocycles. The van der Waals surface area contributed by atoms with Crippen molar-refractivity contribution in [3.05, 3.63) is 0 Å². The van der Waals surface area contributed by atoms with Crippen LogP contribution in [0.3, 0.4) is 0 Å². The molecule has 1 saturated carbocycles. The largest absolute Gasteiger partial charge is 0.423 e. The Bertz CT molecular complexity index is 317. The maximum Gasteiger partial charge on any atom is 0.423 e. The van der Waals surface area contributed by atoms with Crippen LogP contribution in [0.2, 0.25) is 0 Å². The quantitative estimate of drug-likeness (QED) is 0.793. The number of halogens is 6. The van der Waals surface area contributed by atoms with Gasteiger partial charge >= 0.3 is 12.4 Å². The summed E-state index contributed by atoms with van der Waals surface area (Å²) in [6, 6.07) is 0. The van der Waals surface area contributed by atoms with E-state index in [1.807, 2.05) is 13.8 Å². The van der Waals surface area contributed by atoms with Crippen LogP contribution in [-0.4, -0.2) is 30.6 Å². The smallest absolute Gasteiger partial charge is 0.353 e. The van der Waals surface area contributed by atoms with Gasteiger partial charge in [0.25, 0.3) is 0 Å². The van der Waals surface area contributed by atoms with Crippen molar-refractivity contribution in [2.24, 2.45) is 17.6 Å². The van der Waals surface area contributed by atoms with E-state index in [4.69, 9.17) is 5.73 Å². The molecule has 0 heterocycles. The van der Waals surface area contributed by atoms with Crippen LogP contribution >= 0.6 is 0 Å². The standard InChI is InChI=1S/C13H21F6NO/c1-8(2)9-3-5-11(7-20,6-4-9)21-10(12(14,15)16)13(17,18)19/h8-10H,3-7,20H2,1-2H3. The second-order valence-electron chi connectivity index (χ2n) is 6.05. The SMILES string of the molecule is CC(C)C1CCC(CN)(OC(C(F)(F)F)C(F)(F)F)CC1. The van der Waals surface area contributed by atoms with Gasteiger partial charge in [0.1, 0.15) is 0 Å². The fourth-order valence-electron chi connectivity index (χ4n) is 2.77. The van der Waals surface area contributed by atoms with E-state index in [9.17, 15) is 26.3 Å². The van der Waals surface area contributed by atoms with Crippen molar-refractivity contribution in [3.63, 3.8) is 0 Å². The van der Waals surface area contributed by atoms with Crippen LogP contribution in [0.15, 0.2) is 0 Å². The van der Waals surface area contributed by atoms with Gasteiger partial charge in [-0.15, -0.1) is 0 Å². The first kappa shape index (κ1) is 18.5. The van der Waals surface area contributed by atoms with Crippen molar-refractivity contribution < 1.29 is 31.1 Å². The summed E-state index contributed by atoms with van der Waals surface area (Å²) in [7, 11) is 0. The van der Waals surface area contributed by atoms with Gasteiger partial charge in [-0.2, -0.15) is 26.3 Å². The number of hydrogen-bond acceptors (Lipinski definition) is 2. The van der Waals surface area contributed by atoms with Crippen molar-refractivity contribution in [2.45, 2.75) is 63.6 Å². The third-order valence-corrected chi connectivity index (χ3v) is 4.22. The molecule has 0 amide bonds. The summed E-state index contributed by atoms with van der Waals surface area (Å²) < 4.78 is 80.1. The molecule has 0 radical (unpaired) electrons. The summed E-state index contributed by atoms with van der Waals surface area (Å²) >= 11 is 0. The summed E-state index contributed by atoms with van der Waals surface area (Å²) in [5, 5.41) is 0. The lowest BCUT2D eigenvalue weighted by atomic mass is 9.74. The van der Waals surface area contributed by atoms with Crippen molar-refractivity contribution in [1.82, 2.24) is 0 Å². The van der Waals surface area contributed by atoms with Crippen LogP contribution in [-0.2, 0) is 4.74 Å². The Labute approximate surface area is 120 Å². The summed E-state index contributed by atoms with van der Waals surface area (Å²) in [5.41, 5.74) is 3.89. The van der Waals surface area contributed by atoms with Crippen molar-refractivity contribution in [2.75, 3.05) is 6.54 Å². The van der Waals surface area contributed by atoms with Gasteiger partial charge < -0.3 is 10.5 Å². The Morgan fingerprint density at radius 1 is 1.05 bits per heavy atom. The van der Waals surface area contributed by atoms with Crippen LogP contribution in [0, 0.1) is 11.8 Å². The zero-order chi connectivity index (χ0) is 16.5. The Kier molecular flexibility index (Phi) is 5.58. The number of alkyl halides is 6. The minimum atomic E-state index is -5.49. The molecule has 0 atom stereocenters. The second kappa shape index (κ2) is 6.32. The molecule has 8 heteroatoms. The van der Waals surface area contributed by atoms with E-state index in [1.165, 1.54) is 0 Å². The average Bonchev–Trinajstić information content (AvgIpc) is 2.33.